The van der Waals surface area contributed by atoms with Gasteiger partial charge in [0, 0.05) is 42.5 Å². The molecule has 1 aliphatic heterocycles. The number of sulfonamides is 1. The summed E-state index contributed by atoms with van der Waals surface area (Å²) in [5, 5.41) is 2.08. The SMILES string of the molecule is CC(=O)N1CCCc2cc(S(=O)(=O)Nc3nc(-c4cccnc4)cs3)ccc21. The molecule has 0 saturated heterocycles. The first-order chi connectivity index (χ1) is 13.4. The molecule has 28 heavy (non-hydrogen) atoms. The van der Waals surface area contributed by atoms with Crippen molar-refractivity contribution in [1.29, 1.82) is 0 Å². The minimum Gasteiger partial charge on any atom is -0.312 e. The number of nitrogens with one attached hydrogen (secondary N) is 1. The van der Waals surface area contributed by atoms with Gasteiger partial charge in [-0.1, -0.05) is 0 Å². The van der Waals surface area contributed by atoms with Gasteiger partial charge in [-0.2, -0.15) is 0 Å². The summed E-state index contributed by atoms with van der Waals surface area (Å²) in [6.45, 7) is 2.17. The molecule has 0 spiro atoms. The van der Waals surface area contributed by atoms with E-state index in [-0.39, 0.29) is 10.8 Å². The molecule has 144 valence electrons. The molecule has 9 heteroatoms. The highest BCUT2D eigenvalue weighted by molar-refractivity contribution is 7.93. The number of benzene rings is 1. The van der Waals surface area contributed by atoms with Gasteiger partial charge < -0.3 is 4.90 Å². The zero-order valence-electron chi connectivity index (χ0n) is 15.1. The Bertz CT molecular complexity index is 1130. The predicted molar refractivity (Wildman–Crippen MR) is 109 cm³/mol. The quantitative estimate of drug-likeness (QED) is 0.707. The monoisotopic (exact) mass is 414 g/mol. The third-order valence-corrected chi connectivity index (χ3v) is 6.77. The molecule has 0 radical (unpaired) electrons. The van der Waals surface area contributed by atoms with Gasteiger partial charge in [-0.3, -0.25) is 14.5 Å². The second-order valence-corrected chi connectivity index (χ2v) is 8.99. The lowest BCUT2D eigenvalue weighted by Gasteiger charge is -2.28. The minimum atomic E-state index is -3.77. The summed E-state index contributed by atoms with van der Waals surface area (Å²) < 4.78 is 28.2. The van der Waals surface area contributed by atoms with Crippen molar-refractivity contribution in [3.8, 4) is 11.3 Å². The van der Waals surface area contributed by atoms with E-state index in [1.54, 1.807) is 40.9 Å². The number of carbonyl (C=O) groups is 1. The number of hydrogen-bond acceptors (Lipinski definition) is 6. The number of carbonyl (C=O) groups excluding carboxylic acids is 1. The van der Waals surface area contributed by atoms with Crippen LogP contribution in [0.25, 0.3) is 11.3 Å². The van der Waals surface area contributed by atoms with Crippen LogP contribution in [0, 0.1) is 0 Å². The topological polar surface area (TPSA) is 92.3 Å². The Morgan fingerprint density at radius 3 is 2.89 bits per heavy atom. The van der Waals surface area contributed by atoms with E-state index >= 15 is 0 Å². The van der Waals surface area contributed by atoms with Crippen molar-refractivity contribution in [3.05, 3.63) is 53.7 Å². The maximum Gasteiger partial charge on any atom is 0.263 e. The third-order valence-electron chi connectivity index (χ3n) is 4.54. The fourth-order valence-corrected chi connectivity index (χ4v) is 5.23. The summed E-state index contributed by atoms with van der Waals surface area (Å²) in [5.74, 6) is -0.0413. The van der Waals surface area contributed by atoms with Gasteiger partial charge in [0.2, 0.25) is 5.91 Å². The third kappa shape index (κ3) is 3.63. The Balaban J connectivity index is 1.59. The Kier molecular flexibility index (Phi) is 4.86. The highest BCUT2D eigenvalue weighted by Crippen LogP contribution is 2.31. The summed E-state index contributed by atoms with van der Waals surface area (Å²) in [6.07, 6.45) is 4.90. The highest BCUT2D eigenvalue weighted by Gasteiger charge is 2.23. The molecular formula is C19H18N4O3S2. The standard InChI is InChI=1S/C19H18N4O3S2/c1-13(24)23-9-3-5-14-10-16(6-7-18(14)23)28(25,26)22-19-21-17(12-27-19)15-4-2-8-20-11-15/h2,4,6-8,10-12H,3,5,9H2,1H3,(H,21,22). The fraction of sp³-hybridized carbons (Fsp3) is 0.211. The molecule has 0 saturated carbocycles. The first-order valence-corrected chi connectivity index (χ1v) is 11.1. The van der Waals surface area contributed by atoms with Gasteiger partial charge >= 0.3 is 0 Å². The van der Waals surface area contributed by atoms with E-state index in [2.05, 4.69) is 14.7 Å². The Morgan fingerprint density at radius 1 is 1.29 bits per heavy atom. The van der Waals surface area contributed by atoms with Gasteiger partial charge in [-0.15, -0.1) is 11.3 Å². The van der Waals surface area contributed by atoms with Crippen molar-refractivity contribution >= 4 is 38.1 Å². The van der Waals surface area contributed by atoms with E-state index in [0.717, 1.165) is 29.7 Å². The second-order valence-electron chi connectivity index (χ2n) is 6.45. The largest absolute Gasteiger partial charge is 0.312 e. The van der Waals surface area contributed by atoms with Crippen LogP contribution in [0.1, 0.15) is 18.9 Å². The molecule has 4 rings (SSSR count). The molecular weight excluding hydrogens is 396 g/mol. The van der Waals surface area contributed by atoms with E-state index in [1.807, 2.05) is 6.07 Å². The normalized spacial score (nSPS) is 13.8. The second kappa shape index (κ2) is 7.33. The van der Waals surface area contributed by atoms with Gasteiger partial charge in [-0.05, 0) is 48.7 Å². The van der Waals surface area contributed by atoms with E-state index < -0.39 is 10.0 Å². The molecule has 1 aromatic carbocycles. The van der Waals surface area contributed by atoms with Crippen LogP contribution >= 0.6 is 11.3 Å². The van der Waals surface area contributed by atoms with Crippen LogP contribution in [0.3, 0.4) is 0 Å². The Morgan fingerprint density at radius 2 is 2.14 bits per heavy atom. The van der Waals surface area contributed by atoms with Crippen LogP contribution in [0.5, 0.6) is 0 Å². The molecule has 0 atom stereocenters. The first kappa shape index (κ1) is 18.6. The number of nitrogens with zero attached hydrogens (tertiary/aromatic N) is 3. The van der Waals surface area contributed by atoms with Crippen molar-refractivity contribution in [2.24, 2.45) is 0 Å². The average Bonchev–Trinajstić information content (AvgIpc) is 3.15. The van der Waals surface area contributed by atoms with Crippen molar-refractivity contribution in [2.45, 2.75) is 24.7 Å². The lowest BCUT2D eigenvalue weighted by atomic mass is 10.0. The van der Waals surface area contributed by atoms with Crippen molar-refractivity contribution in [1.82, 2.24) is 9.97 Å². The number of amides is 1. The number of fused-ring (bicyclic) bond motifs is 1. The summed E-state index contributed by atoms with van der Waals surface area (Å²) in [7, 11) is -3.77. The Labute approximate surface area is 167 Å². The number of anilines is 2. The molecule has 1 amide bonds. The van der Waals surface area contributed by atoms with Crippen molar-refractivity contribution in [3.63, 3.8) is 0 Å². The number of aromatic nitrogens is 2. The molecule has 7 nitrogen and oxygen atoms in total. The summed E-state index contributed by atoms with van der Waals surface area (Å²) >= 11 is 1.22. The first-order valence-electron chi connectivity index (χ1n) is 8.74. The van der Waals surface area contributed by atoms with E-state index in [0.29, 0.717) is 17.4 Å². The Hall–Kier alpha value is -2.78. The number of pyridine rings is 1. The van der Waals surface area contributed by atoms with Gasteiger partial charge in [0.1, 0.15) is 0 Å². The number of rotatable bonds is 4. The van der Waals surface area contributed by atoms with E-state index in [9.17, 15) is 13.2 Å². The molecule has 1 aliphatic rings. The van der Waals surface area contributed by atoms with Crippen molar-refractivity contribution < 1.29 is 13.2 Å². The van der Waals surface area contributed by atoms with Gasteiger partial charge in [0.15, 0.2) is 5.13 Å². The fourth-order valence-electron chi connectivity index (χ4n) is 3.21. The van der Waals surface area contributed by atoms with Gasteiger partial charge in [0.05, 0.1) is 10.6 Å². The van der Waals surface area contributed by atoms with Gasteiger partial charge in [0.25, 0.3) is 10.0 Å². The molecule has 0 unspecified atom stereocenters. The smallest absolute Gasteiger partial charge is 0.263 e. The lowest BCUT2D eigenvalue weighted by molar-refractivity contribution is -0.116. The number of aryl methyl sites for hydroxylation is 1. The molecule has 3 heterocycles. The molecule has 2 aromatic heterocycles. The zero-order valence-corrected chi connectivity index (χ0v) is 16.8. The van der Waals surface area contributed by atoms with Crippen LogP contribution in [0.15, 0.2) is 53.0 Å². The predicted octanol–water partition coefficient (Wildman–Crippen LogP) is 3.31. The summed E-state index contributed by atoms with van der Waals surface area (Å²) in [5.41, 5.74) is 3.13. The summed E-state index contributed by atoms with van der Waals surface area (Å²) in [4.78, 5) is 22.0. The van der Waals surface area contributed by atoms with Crippen LogP contribution < -0.4 is 9.62 Å². The van der Waals surface area contributed by atoms with Gasteiger partial charge in [-0.25, -0.2) is 13.4 Å². The average molecular weight is 415 g/mol. The maximum atomic E-state index is 12.8. The molecule has 3 aromatic rings. The molecule has 0 aliphatic carbocycles. The van der Waals surface area contributed by atoms with Crippen LogP contribution in [0.4, 0.5) is 10.8 Å². The lowest BCUT2D eigenvalue weighted by Crippen LogP contribution is -2.33. The summed E-state index contributed by atoms with van der Waals surface area (Å²) in [6, 6.07) is 8.54. The number of thiazole rings is 1. The van der Waals surface area contributed by atoms with E-state index in [4.69, 9.17) is 0 Å². The van der Waals surface area contributed by atoms with Crippen LogP contribution in [0.2, 0.25) is 0 Å². The van der Waals surface area contributed by atoms with Crippen molar-refractivity contribution in [2.75, 3.05) is 16.2 Å². The highest BCUT2D eigenvalue weighted by atomic mass is 32.2. The molecule has 0 bridgehead atoms. The maximum absolute atomic E-state index is 12.8. The zero-order chi connectivity index (χ0) is 19.7. The number of hydrogen-bond donors (Lipinski definition) is 1. The van der Waals surface area contributed by atoms with E-state index in [1.165, 1.54) is 24.3 Å². The van der Waals surface area contributed by atoms with Crippen LogP contribution in [-0.2, 0) is 21.2 Å². The molecule has 0 fully saturated rings. The molecule has 1 N–H and O–H groups in total. The van der Waals surface area contributed by atoms with Crippen LogP contribution in [-0.4, -0.2) is 30.8 Å². The minimum absolute atomic E-state index is 0.0413.